The van der Waals surface area contributed by atoms with Crippen molar-refractivity contribution in [3.8, 4) is 0 Å². The lowest BCUT2D eigenvalue weighted by Gasteiger charge is -2.10. The standard InChI is InChI=1S/C11H15FN2.C2H4O/c12-10-3-1-9(2-4-10)7-14-11-5-6-13-8-11;1-2-3/h1-4,11,13-14H,5-8H2;2-3H,1H2. The Morgan fingerprint density at radius 3 is 2.65 bits per heavy atom. The maximum absolute atomic E-state index is 12.6. The van der Waals surface area contributed by atoms with Gasteiger partial charge in [-0.3, -0.25) is 0 Å². The van der Waals surface area contributed by atoms with Crippen molar-refractivity contribution in [2.45, 2.75) is 19.0 Å². The summed E-state index contributed by atoms with van der Waals surface area (Å²) in [5.41, 5.74) is 1.14. The number of hydrogen-bond acceptors (Lipinski definition) is 3. The number of hydrogen-bond donors (Lipinski definition) is 3. The summed E-state index contributed by atoms with van der Waals surface area (Å²) in [6.07, 6.45) is 1.93. The van der Waals surface area contributed by atoms with Gasteiger partial charge in [-0.25, -0.2) is 4.39 Å². The molecule has 1 aromatic rings. The van der Waals surface area contributed by atoms with Crippen LogP contribution >= 0.6 is 0 Å². The molecule has 4 heteroatoms. The lowest BCUT2D eigenvalue weighted by atomic mass is 10.2. The minimum atomic E-state index is -0.170. The smallest absolute Gasteiger partial charge is 0.123 e. The van der Waals surface area contributed by atoms with Gasteiger partial charge in [0.25, 0.3) is 0 Å². The van der Waals surface area contributed by atoms with Crippen molar-refractivity contribution in [3.63, 3.8) is 0 Å². The number of rotatable bonds is 3. The van der Waals surface area contributed by atoms with Crippen LogP contribution in [0.2, 0.25) is 0 Å². The van der Waals surface area contributed by atoms with E-state index in [2.05, 4.69) is 17.2 Å². The Bertz CT molecular complexity index is 321. The number of halogens is 1. The van der Waals surface area contributed by atoms with Crippen molar-refractivity contribution < 1.29 is 9.50 Å². The molecular formula is C13H19FN2O. The second kappa shape index (κ2) is 7.81. The largest absolute Gasteiger partial charge is 0.516 e. The first-order valence-corrected chi connectivity index (χ1v) is 5.70. The van der Waals surface area contributed by atoms with Crippen LogP contribution in [0.25, 0.3) is 0 Å². The second-order valence-corrected chi connectivity index (χ2v) is 3.88. The molecule has 3 N–H and O–H groups in total. The van der Waals surface area contributed by atoms with E-state index in [9.17, 15) is 4.39 Å². The van der Waals surface area contributed by atoms with Crippen molar-refractivity contribution in [1.29, 1.82) is 0 Å². The Hall–Kier alpha value is -1.39. The Kier molecular flexibility index (Phi) is 6.29. The van der Waals surface area contributed by atoms with Crippen molar-refractivity contribution in [3.05, 3.63) is 48.5 Å². The molecule has 0 aliphatic carbocycles. The average Bonchev–Trinajstić information content (AvgIpc) is 2.82. The summed E-state index contributed by atoms with van der Waals surface area (Å²) < 4.78 is 12.6. The van der Waals surface area contributed by atoms with Crippen molar-refractivity contribution in [2.75, 3.05) is 13.1 Å². The lowest BCUT2D eigenvalue weighted by molar-refractivity contribution is 0.476. The number of benzene rings is 1. The minimum Gasteiger partial charge on any atom is -0.516 e. The average molecular weight is 238 g/mol. The molecule has 17 heavy (non-hydrogen) atoms. The van der Waals surface area contributed by atoms with Gasteiger partial charge in [0.15, 0.2) is 0 Å². The van der Waals surface area contributed by atoms with Gasteiger partial charge in [0, 0.05) is 19.1 Å². The van der Waals surface area contributed by atoms with Crippen LogP contribution in [-0.2, 0) is 6.54 Å². The number of aliphatic hydroxyl groups is 1. The fourth-order valence-corrected chi connectivity index (χ4v) is 1.69. The second-order valence-electron chi connectivity index (χ2n) is 3.88. The highest BCUT2D eigenvalue weighted by Gasteiger charge is 2.12. The molecule has 94 valence electrons. The minimum absolute atomic E-state index is 0.170. The van der Waals surface area contributed by atoms with Gasteiger partial charge in [-0.15, -0.1) is 0 Å². The van der Waals surface area contributed by atoms with Gasteiger partial charge in [-0.05, 0) is 30.7 Å². The maximum atomic E-state index is 12.6. The van der Waals surface area contributed by atoms with Gasteiger partial charge < -0.3 is 15.7 Å². The maximum Gasteiger partial charge on any atom is 0.123 e. The Morgan fingerprint density at radius 2 is 2.12 bits per heavy atom. The van der Waals surface area contributed by atoms with E-state index >= 15 is 0 Å². The first kappa shape index (κ1) is 13.7. The van der Waals surface area contributed by atoms with Crippen LogP contribution in [-0.4, -0.2) is 24.2 Å². The molecule has 1 heterocycles. The van der Waals surface area contributed by atoms with Crippen molar-refractivity contribution >= 4 is 0 Å². The molecule has 3 nitrogen and oxygen atoms in total. The molecule has 1 fully saturated rings. The molecular weight excluding hydrogens is 219 g/mol. The van der Waals surface area contributed by atoms with E-state index < -0.39 is 0 Å². The summed E-state index contributed by atoms with van der Waals surface area (Å²) >= 11 is 0. The predicted octanol–water partition coefficient (Wildman–Crippen LogP) is 1.97. The molecule has 1 unspecified atom stereocenters. The molecule has 0 spiro atoms. The molecule has 0 aromatic heterocycles. The SMILES string of the molecule is C=CO.Fc1ccc(CNC2CCNC2)cc1. The Balaban J connectivity index is 0.000000437. The zero-order valence-electron chi connectivity index (χ0n) is 9.82. The van der Waals surface area contributed by atoms with Crippen LogP contribution in [0.15, 0.2) is 37.1 Å². The molecule has 2 rings (SSSR count). The van der Waals surface area contributed by atoms with Gasteiger partial charge in [0.05, 0.1) is 6.26 Å². The Morgan fingerprint density at radius 1 is 1.47 bits per heavy atom. The molecule has 1 aliphatic heterocycles. The fourth-order valence-electron chi connectivity index (χ4n) is 1.69. The topological polar surface area (TPSA) is 44.3 Å². The van der Waals surface area contributed by atoms with Crippen LogP contribution in [0.4, 0.5) is 4.39 Å². The fraction of sp³-hybridized carbons (Fsp3) is 0.385. The molecule has 1 saturated heterocycles. The molecule has 1 atom stereocenters. The molecule has 1 aliphatic rings. The van der Waals surface area contributed by atoms with E-state index in [1.54, 1.807) is 0 Å². The van der Waals surface area contributed by atoms with Gasteiger partial charge in [0.1, 0.15) is 5.82 Å². The normalized spacial score (nSPS) is 18.3. The summed E-state index contributed by atoms with van der Waals surface area (Å²) in [6, 6.07) is 7.23. The summed E-state index contributed by atoms with van der Waals surface area (Å²) in [5, 5.41) is 14.1. The van der Waals surface area contributed by atoms with Crippen LogP contribution in [0, 0.1) is 5.82 Å². The monoisotopic (exact) mass is 238 g/mol. The van der Waals surface area contributed by atoms with Gasteiger partial charge in [-0.1, -0.05) is 18.7 Å². The van der Waals surface area contributed by atoms with E-state index in [0.29, 0.717) is 6.04 Å². The first-order chi connectivity index (χ1) is 8.26. The predicted molar refractivity (Wildman–Crippen MR) is 67.3 cm³/mol. The van der Waals surface area contributed by atoms with Gasteiger partial charge >= 0.3 is 0 Å². The molecule has 0 bridgehead atoms. The van der Waals surface area contributed by atoms with E-state index in [0.717, 1.165) is 31.5 Å². The number of nitrogens with one attached hydrogen (secondary N) is 2. The third-order valence-corrected chi connectivity index (χ3v) is 2.57. The molecule has 0 radical (unpaired) electrons. The first-order valence-electron chi connectivity index (χ1n) is 5.70. The highest BCUT2D eigenvalue weighted by molar-refractivity contribution is 5.15. The van der Waals surface area contributed by atoms with Crippen LogP contribution < -0.4 is 10.6 Å². The quantitative estimate of drug-likeness (QED) is 0.705. The van der Waals surface area contributed by atoms with Crippen molar-refractivity contribution in [1.82, 2.24) is 10.6 Å². The third-order valence-electron chi connectivity index (χ3n) is 2.57. The summed E-state index contributed by atoms with van der Waals surface area (Å²) in [5.74, 6) is -0.170. The highest BCUT2D eigenvalue weighted by Crippen LogP contribution is 2.04. The summed E-state index contributed by atoms with van der Waals surface area (Å²) in [4.78, 5) is 0. The Labute approximate surface area is 101 Å². The summed E-state index contributed by atoms with van der Waals surface area (Å²) in [6.45, 7) is 5.88. The number of aliphatic hydroxyl groups excluding tert-OH is 1. The van der Waals surface area contributed by atoms with Gasteiger partial charge in [0.2, 0.25) is 0 Å². The molecule has 0 saturated carbocycles. The van der Waals surface area contributed by atoms with Crippen molar-refractivity contribution in [2.24, 2.45) is 0 Å². The van der Waals surface area contributed by atoms with Crippen LogP contribution in [0.3, 0.4) is 0 Å². The van der Waals surface area contributed by atoms with E-state index in [1.165, 1.54) is 18.6 Å². The lowest BCUT2D eigenvalue weighted by Crippen LogP contribution is -2.30. The zero-order valence-corrected chi connectivity index (χ0v) is 9.82. The highest BCUT2D eigenvalue weighted by atomic mass is 19.1. The third kappa shape index (κ3) is 5.47. The molecule has 0 amide bonds. The van der Waals surface area contributed by atoms with Crippen LogP contribution in [0.1, 0.15) is 12.0 Å². The van der Waals surface area contributed by atoms with E-state index in [4.69, 9.17) is 5.11 Å². The van der Waals surface area contributed by atoms with Gasteiger partial charge in [-0.2, -0.15) is 0 Å². The van der Waals surface area contributed by atoms with E-state index in [-0.39, 0.29) is 5.82 Å². The van der Waals surface area contributed by atoms with Crippen LogP contribution in [0.5, 0.6) is 0 Å². The molecule has 1 aromatic carbocycles. The summed E-state index contributed by atoms with van der Waals surface area (Å²) in [7, 11) is 0. The van der Waals surface area contributed by atoms with E-state index in [1.807, 2.05) is 12.1 Å². The zero-order chi connectivity index (χ0) is 12.5.